The second-order valence-electron chi connectivity index (χ2n) is 4.67. The molecule has 3 N–H and O–H groups in total. The van der Waals surface area contributed by atoms with Crippen LogP contribution in [0.4, 0.5) is 20.4 Å². The summed E-state index contributed by atoms with van der Waals surface area (Å²) >= 11 is 0. The van der Waals surface area contributed by atoms with Crippen molar-refractivity contribution in [2.75, 3.05) is 30.3 Å². The van der Waals surface area contributed by atoms with Crippen LogP contribution < -0.4 is 16.0 Å². The van der Waals surface area contributed by atoms with Gasteiger partial charge in [-0.15, -0.1) is 0 Å². The van der Waals surface area contributed by atoms with Gasteiger partial charge >= 0.3 is 0 Å². The molecular formula is C13H18F2N4O. The molecule has 1 aliphatic carbocycles. The summed E-state index contributed by atoms with van der Waals surface area (Å²) in [7, 11) is 0. The number of carbonyl (C=O) groups excluding carboxylic acids is 1. The van der Waals surface area contributed by atoms with Gasteiger partial charge in [-0.3, -0.25) is 4.79 Å². The average molecular weight is 284 g/mol. The maximum Gasteiger partial charge on any atom is 0.223 e. The van der Waals surface area contributed by atoms with Crippen LogP contribution in [0, 0.1) is 17.6 Å². The van der Waals surface area contributed by atoms with E-state index in [0.29, 0.717) is 19.6 Å². The summed E-state index contributed by atoms with van der Waals surface area (Å²) in [6.45, 7) is 3.00. The first-order chi connectivity index (χ1) is 9.61. The van der Waals surface area contributed by atoms with Crippen LogP contribution in [-0.4, -0.2) is 30.5 Å². The Morgan fingerprint density at radius 1 is 1.25 bits per heavy atom. The van der Waals surface area contributed by atoms with Gasteiger partial charge in [-0.1, -0.05) is 0 Å². The number of halogens is 2. The topological polar surface area (TPSA) is 66.1 Å². The lowest BCUT2D eigenvalue weighted by Gasteiger charge is -2.10. The Morgan fingerprint density at radius 2 is 1.90 bits per heavy atom. The van der Waals surface area contributed by atoms with E-state index in [1.54, 1.807) is 6.92 Å². The number of nitrogens with one attached hydrogen (secondary N) is 3. The molecule has 0 radical (unpaired) electrons. The SMILES string of the molecule is CCNc1nc(NCCNC(=O)C2CC2)c(F)cc1F. The Hall–Kier alpha value is -1.92. The summed E-state index contributed by atoms with van der Waals surface area (Å²) in [4.78, 5) is 15.2. The Kier molecular flexibility index (Phi) is 4.70. The van der Waals surface area contributed by atoms with Crippen LogP contribution in [-0.2, 0) is 4.79 Å². The second kappa shape index (κ2) is 6.49. The van der Waals surface area contributed by atoms with Gasteiger partial charge in [0.2, 0.25) is 5.91 Å². The number of hydrogen-bond donors (Lipinski definition) is 3. The van der Waals surface area contributed by atoms with Crippen LogP contribution >= 0.6 is 0 Å². The third-order valence-electron chi connectivity index (χ3n) is 2.94. The highest BCUT2D eigenvalue weighted by Crippen LogP contribution is 2.28. The average Bonchev–Trinajstić information content (AvgIpc) is 3.23. The number of anilines is 2. The zero-order valence-electron chi connectivity index (χ0n) is 11.3. The van der Waals surface area contributed by atoms with Crippen molar-refractivity contribution in [3.05, 3.63) is 17.7 Å². The minimum absolute atomic E-state index is 0.0124. The number of carbonyl (C=O) groups is 1. The molecule has 0 bridgehead atoms. The maximum absolute atomic E-state index is 13.5. The van der Waals surface area contributed by atoms with E-state index in [-0.39, 0.29) is 23.5 Å². The first kappa shape index (κ1) is 14.5. The Morgan fingerprint density at radius 3 is 2.50 bits per heavy atom. The van der Waals surface area contributed by atoms with E-state index in [9.17, 15) is 13.6 Å². The van der Waals surface area contributed by atoms with E-state index < -0.39 is 11.6 Å². The van der Waals surface area contributed by atoms with Crippen molar-refractivity contribution in [3.8, 4) is 0 Å². The Balaban J connectivity index is 1.84. The normalized spacial score (nSPS) is 13.9. The Labute approximate surface area is 116 Å². The third-order valence-corrected chi connectivity index (χ3v) is 2.94. The smallest absolute Gasteiger partial charge is 0.223 e. The lowest BCUT2D eigenvalue weighted by molar-refractivity contribution is -0.122. The van der Waals surface area contributed by atoms with Gasteiger partial charge in [0, 0.05) is 31.6 Å². The van der Waals surface area contributed by atoms with Crippen LogP contribution in [0.25, 0.3) is 0 Å². The molecule has 1 amide bonds. The largest absolute Gasteiger partial charge is 0.368 e. The van der Waals surface area contributed by atoms with Gasteiger partial charge in [0.05, 0.1) is 0 Å². The van der Waals surface area contributed by atoms with E-state index in [2.05, 4.69) is 20.9 Å². The van der Waals surface area contributed by atoms with Crippen molar-refractivity contribution in [2.24, 2.45) is 5.92 Å². The van der Waals surface area contributed by atoms with Crippen LogP contribution in [0.3, 0.4) is 0 Å². The highest BCUT2D eigenvalue weighted by atomic mass is 19.1. The number of pyridine rings is 1. The van der Waals surface area contributed by atoms with E-state index in [1.165, 1.54) is 0 Å². The van der Waals surface area contributed by atoms with Crippen molar-refractivity contribution in [1.82, 2.24) is 10.3 Å². The predicted octanol–water partition coefficient (Wildman–Crippen LogP) is 1.73. The fourth-order valence-corrected chi connectivity index (χ4v) is 1.74. The van der Waals surface area contributed by atoms with Crippen molar-refractivity contribution in [1.29, 1.82) is 0 Å². The zero-order valence-corrected chi connectivity index (χ0v) is 11.3. The van der Waals surface area contributed by atoms with Gasteiger partial charge in [-0.25, -0.2) is 13.8 Å². The summed E-state index contributed by atoms with van der Waals surface area (Å²) in [5, 5.41) is 8.20. The van der Waals surface area contributed by atoms with Gasteiger partial charge in [-0.2, -0.15) is 0 Å². The second-order valence-corrected chi connectivity index (χ2v) is 4.67. The summed E-state index contributed by atoms with van der Waals surface area (Å²) in [5.41, 5.74) is 0. The highest BCUT2D eigenvalue weighted by molar-refractivity contribution is 5.80. The van der Waals surface area contributed by atoms with Crippen LogP contribution in [0.2, 0.25) is 0 Å². The van der Waals surface area contributed by atoms with Crippen molar-refractivity contribution in [3.63, 3.8) is 0 Å². The fourth-order valence-electron chi connectivity index (χ4n) is 1.74. The summed E-state index contributed by atoms with van der Waals surface area (Å²) in [6.07, 6.45) is 1.89. The standard InChI is InChI=1S/C13H18F2N4O/c1-2-16-11-9(14)7-10(15)12(19-11)17-5-6-18-13(20)8-3-4-8/h7-8H,2-6H2,1H3,(H,18,20)(H2,16,17,19). The third kappa shape index (κ3) is 3.79. The highest BCUT2D eigenvalue weighted by Gasteiger charge is 2.28. The Bertz CT molecular complexity index is 492. The number of nitrogens with zero attached hydrogens (tertiary/aromatic N) is 1. The molecule has 20 heavy (non-hydrogen) atoms. The number of rotatable bonds is 7. The molecule has 2 rings (SSSR count). The van der Waals surface area contributed by atoms with E-state index in [4.69, 9.17) is 0 Å². The van der Waals surface area contributed by atoms with Crippen molar-refractivity contribution < 1.29 is 13.6 Å². The molecule has 1 heterocycles. The summed E-state index contributed by atoms with van der Waals surface area (Å²) < 4.78 is 26.9. The number of aromatic nitrogens is 1. The van der Waals surface area contributed by atoms with Gasteiger partial charge in [0.25, 0.3) is 0 Å². The van der Waals surface area contributed by atoms with E-state index >= 15 is 0 Å². The van der Waals surface area contributed by atoms with Crippen molar-refractivity contribution in [2.45, 2.75) is 19.8 Å². The quantitative estimate of drug-likeness (QED) is 0.667. The zero-order chi connectivity index (χ0) is 14.5. The first-order valence-electron chi connectivity index (χ1n) is 6.73. The monoisotopic (exact) mass is 284 g/mol. The van der Waals surface area contributed by atoms with E-state index in [1.807, 2.05) is 0 Å². The molecule has 1 aromatic heterocycles. The molecule has 1 aromatic rings. The van der Waals surface area contributed by atoms with Crippen molar-refractivity contribution >= 4 is 17.5 Å². The van der Waals surface area contributed by atoms with Gasteiger partial charge in [-0.05, 0) is 19.8 Å². The van der Waals surface area contributed by atoms with Gasteiger partial charge in [0.1, 0.15) is 0 Å². The molecule has 0 aliphatic heterocycles. The lowest BCUT2D eigenvalue weighted by atomic mass is 10.3. The lowest BCUT2D eigenvalue weighted by Crippen LogP contribution is -2.30. The van der Waals surface area contributed by atoms with Gasteiger partial charge < -0.3 is 16.0 Å². The molecule has 1 aliphatic rings. The molecule has 0 unspecified atom stereocenters. The van der Waals surface area contributed by atoms with Crippen LogP contribution in [0.5, 0.6) is 0 Å². The van der Waals surface area contributed by atoms with Gasteiger partial charge in [0.15, 0.2) is 23.3 Å². The molecule has 0 saturated heterocycles. The molecule has 0 aromatic carbocycles. The number of hydrogen-bond acceptors (Lipinski definition) is 4. The summed E-state index contributed by atoms with van der Waals surface area (Å²) in [5.74, 6) is -1.31. The van der Waals surface area contributed by atoms with Crippen LogP contribution in [0.1, 0.15) is 19.8 Å². The minimum atomic E-state index is -0.752. The first-order valence-corrected chi connectivity index (χ1v) is 6.73. The molecule has 0 atom stereocenters. The fraction of sp³-hybridized carbons (Fsp3) is 0.538. The maximum atomic E-state index is 13.5. The molecule has 7 heteroatoms. The molecule has 1 saturated carbocycles. The predicted molar refractivity (Wildman–Crippen MR) is 72.5 cm³/mol. The molecule has 5 nitrogen and oxygen atoms in total. The summed E-state index contributed by atoms with van der Waals surface area (Å²) in [6, 6.07) is 0.788. The molecule has 1 fully saturated rings. The molecule has 0 spiro atoms. The minimum Gasteiger partial charge on any atom is -0.368 e. The number of amides is 1. The van der Waals surface area contributed by atoms with E-state index in [0.717, 1.165) is 18.9 Å². The van der Waals surface area contributed by atoms with Crippen LogP contribution in [0.15, 0.2) is 6.07 Å². The molecule has 110 valence electrons. The molecular weight excluding hydrogens is 266 g/mol.